The second kappa shape index (κ2) is 5.97. The van der Waals surface area contributed by atoms with Crippen molar-refractivity contribution in [2.75, 3.05) is 31.0 Å². The highest BCUT2D eigenvalue weighted by atomic mass is 32.2. The van der Waals surface area contributed by atoms with E-state index in [1.807, 2.05) is 6.92 Å². The molecule has 1 aromatic heterocycles. The number of hydrogen-bond acceptors (Lipinski definition) is 6. The minimum absolute atomic E-state index is 0.317. The van der Waals surface area contributed by atoms with E-state index < -0.39 is 0 Å². The number of nitrogens with zero attached hydrogens (tertiary/aromatic N) is 1. The lowest BCUT2D eigenvalue weighted by Gasteiger charge is -1.98. The third kappa shape index (κ3) is 3.39. The smallest absolute Gasteiger partial charge is 0.350 e. The Hall–Kier alpha value is -0.750. The molecule has 0 aliphatic rings. The average molecular weight is 246 g/mol. The predicted molar refractivity (Wildman–Crippen MR) is 65.1 cm³/mol. The number of aryl methyl sites for hydroxylation is 1. The highest BCUT2D eigenvalue weighted by Crippen LogP contribution is 2.22. The van der Waals surface area contributed by atoms with E-state index in [9.17, 15) is 4.79 Å². The van der Waals surface area contributed by atoms with Crippen LogP contribution in [0.5, 0.6) is 0 Å². The van der Waals surface area contributed by atoms with E-state index in [0.717, 1.165) is 23.1 Å². The van der Waals surface area contributed by atoms with Gasteiger partial charge in [-0.25, -0.2) is 9.78 Å². The van der Waals surface area contributed by atoms with Crippen molar-refractivity contribution in [3.8, 4) is 0 Å². The number of aromatic nitrogens is 1. The largest absolute Gasteiger partial charge is 0.465 e. The van der Waals surface area contributed by atoms with Crippen LogP contribution in [0.3, 0.4) is 0 Å². The fraction of sp³-hybridized carbons (Fsp3) is 0.556. The molecule has 6 heteroatoms. The van der Waals surface area contributed by atoms with Crippen molar-refractivity contribution in [1.82, 2.24) is 4.98 Å². The Kier molecular flexibility index (Phi) is 4.90. The number of methoxy groups -OCH3 is 1. The van der Waals surface area contributed by atoms with Crippen LogP contribution in [0.25, 0.3) is 0 Å². The monoisotopic (exact) mass is 246 g/mol. The van der Waals surface area contributed by atoms with Gasteiger partial charge in [0.05, 0.1) is 12.8 Å². The maximum absolute atomic E-state index is 11.3. The average Bonchev–Trinajstić information content (AvgIpc) is 2.59. The lowest BCUT2D eigenvalue weighted by Crippen LogP contribution is -2.02. The number of hydrogen-bond donors (Lipinski definition) is 1. The lowest BCUT2D eigenvalue weighted by atomic mass is 10.4. The van der Waals surface area contributed by atoms with Gasteiger partial charge in [0.25, 0.3) is 0 Å². The zero-order valence-corrected chi connectivity index (χ0v) is 10.6. The van der Waals surface area contributed by atoms with Gasteiger partial charge in [-0.2, -0.15) is 11.8 Å². The first-order valence-corrected chi connectivity index (χ1v) is 6.68. The molecule has 1 heterocycles. The van der Waals surface area contributed by atoms with Gasteiger partial charge in [0.1, 0.15) is 4.88 Å². The summed E-state index contributed by atoms with van der Waals surface area (Å²) in [5.41, 5.74) is 0.721. The fourth-order valence-electron chi connectivity index (χ4n) is 1.01. The number of thiazole rings is 1. The molecular weight excluding hydrogens is 232 g/mol. The van der Waals surface area contributed by atoms with Crippen molar-refractivity contribution in [3.05, 3.63) is 10.6 Å². The first-order chi connectivity index (χ1) is 7.19. The van der Waals surface area contributed by atoms with Crippen LogP contribution >= 0.6 is 23.1 Å². The van der Waals surface area contributed by atoms with Gasteiger partial charge in [-0.3, -0.25) is 0 Å². The van der Waals surface area contributed by atoms with Gasteiger partial charge in [0, 0.05) is 12.3 Å². The summed E-state index contributed by atoms with van der Waals surface area (Å²) in [6, 6.07) is 0. The summed E-state index contributed by atoms with van der Waals surface area (Å²) in [7, 11) is 1.38. The topological polar surface area (TPSA) is 51.2 Å². The van der Waals surface area contributed by atoms with Gasteiger partial charge in [-0.1, -0.05) is 11.3 Å². The molecule has 1 N–H and O–H groups in total. The number of carbonyl (C=O) groups is 1. The maximum Gasteiger partial charge on any atom is 0.350 e. The van der Waals surface area contributed by atoms with E-state index in [2.05, 4.69) is 21.3 Å². The number of esters is 1. The van der Waals surface area contributed by atoms with Crippen LogP contribution in [-0.2, 0) is 4.74 Å². The molecule has 0 aliphatic carbocycles. The maximum atomic E-state index is 11.3. The van der Waals surface area contributed by atoms with Crippen LogP contribution in [-0.4, -0.2) is 36.6 Å². The first kappa shape index (κ1) is 12.3. The molecule has 0 saturated heterocycles. The van der Waals surface area contributed by atoms with Crippen LogP contribution in [0.2, 0.25) is 0 Å². The Labute approximate surface area is 97.4 Å². The van der Waals surface area contributed by atoms with Gasteiger partial charge in [-0.05, 0) is 13.2 Å². The van der Waals surface area contributed by atoms with E-state index in [1.165, 1.54) is 18.4 Å². The summed E-state index contributed by atoms with van der Waals surface area (Å²) in [5.74, 6) is 0.703. The van der Waals surface area contributed by atoms with Gasteiger partial charge in [0.15, 0.2) is 5.13 Å². The molecule has 15 heavy (non-hydrogen) atoms. The molecule has 1 rings (SSSR count). The number of ether oxygens (including phenoxy) is 1. The molecule has 0 fully saturated rings. The van der Waals surface area contributed by atoms with E-state index in [1.54, 1.807) is 11.8 Å². The summed E-state index contributed by atoms with van der Waals surface area (Å²) in [4.78, 5) is 16.1. The third-order valence-electron chi connectivity index (χ3n) is 1.75. The zero-order valence-electron chi connectivity index (χ0n) is 8.99. The number of thioether (sulfide) groups is 1. The summed E-state index contributed by atoms with van der Waals surface area (Å²) < 4.78 is 4.66. The number of rotatable bonds is 5. The number of nitrogens with one attached hydrogen (secondary N) is 1. The van der Waals surface area contributed by atoms with Crippen LogP contribution < -0.4 is 5.32 Å². The van der Waals surface area contributed by atoms with Crippen molar-refractivity contribution in [2.45, 2.75) is 6.92 Å². The van der Waals surface area contributed by atoms with Gasteiger partial charge in [-0.15, -0.1) is 0 Å². The zero-order chi connectivity index (χ0) is 11.3. The van der Waals surface area contributed by atoms with Crippen molar-refractivity contribution in [3.63, 3.8) is 0 Å². The first-order valence-electron chi connectivity index (χ1n) is 4.47. The molecule has 0 bridgehead atoms. The Morgan fingerprint density at radius 2 is 2.40 bits per heavy atom. The second-order valence-corrected chi connectivity index (χ2v) is 4.83. The molecule has 84 valence electrons. The highest BCUT2D eigenvalue weighted by Gasteiger charge is 2.14. The van der Waals surface area contributed by atoms with Crippen LogP contribution in [0.15, 0.2) is 0 Å². The third-order valence-corrected chi connectivity index (χ3v) is 3.46. The molecular formula is C9H14N2O2S2. The van der Waals surface area contributed by atoms with Crippen molar-refractivity contribution in [1.29, 1.82) is 0 Å². The van der Waals surface area contributed by atoms with Crippen molar-refractivity contribution in [2.24, 2.45) is 0 Å². The second-order valence-electron chi connectivity index (χ2n) is 2.84. The number of anilines is 1. The Morgan fingerprint density at radius 3 is 3.00 bits per heavy atom. The molecule has 0 amide bonds. The predicted octanol–water partition coefficient (Wildman–Crippen LogP) is 2.01. The Balaban J connectivity index is 2.64. The van der Waals surface area contributed by atoms with Crippen LogP contribution in [0, 0.1) is 6.92 Å². The molecule has 0 aromatic carbocycles. The van der Waals surface area contributed by atoms with Crippen molar-refractivity contribution < 1.29 is 9.53 Å². The van der Waals surface area contributed by atoms with E-state index in [4.69, 9.17) is 0 Å². The normalized spacial score (nSPS) is 10.1. The Bertz CT molecular complexity index is 339. The van der Waals surface area contributed by atoms with Gasteiger partial charge in [0.2, 0.25) is 0 Å². The van der Waals surface area contributed by atoms with Crippen LogP contribution in [0.4, 0.5) is 5.13 Å². The summed E-state index contributed by atoms with van der Waals surface area (Å²) in [6.45, 7) is 2.66. The SMILES string of the molecule is COC(=O)c1sc(NCCSC)nc1C. The molecule has 0 aliphatic heterocycles. The number of carbonyl (C=O) groups excluding carboxylic acids is 1. The fourth-order valence-corrected chi connectivity index (χ4v) is 2.23. The minimum atomic E-state index is -0.317. The van der Waals surface area contributed by atoms with E-state index in [-0.39, 0.29) is 5.97 Å². The van der Waals surface area contributed by atoms with Gasteiger partial charge < -0.3 is 10.1 Å². The minimum Gasteiger partial charge on any atom is -0.465 e. The molecule has 0 saturated carbocycles. The Morgan fingerprint density at radius 1 is 1.67 bits per heavy atom. The summed E-state index contributed by atoms with van der Waals surface area (Å²) >= 11 is 3.10. The molecule has 0 unspecified atom stereocenters. The summed E-state index contributed by atoms with van der Waals surface area (Å²) in [5, 5.41) is 3.94. The van der Waals surface area contributed by atoms with E-state index >= 15 is 0 Å². The molecule has 0 radical (unpaired) electrons. The summed E-state index contributed by atoms with van der Waals surface area (Å²) in [6.07, 6.45) is 2.05. The van der Waals surface area contributed by atoms with Crippen LogP contribution in [0.1, 0.15) is 15.4 Å². The van der Waals surface area contributed by atoms with Gasteiger partial charge >= 0.3 is 5.97 Å². The highest BCUT2D eigenvalue weighted by molar-refractivity contribution is 7.98. The lowest BCUT2D eigenvalue weighted by molar-refractivity contribution is 0.0605. The molecule has 4 nitrogen and oxygen atoms in total. The van der Waals surface area contributed by atoms with Crippen molar-refractivity contribution >= 4 is 34.2 Å². The molecule has 0 atom stereocenters. The molecule has 1 aromatic rings. The van der Waals surface area contributed by atoms with E-state index in [0.29, 0.717) is 4.88 Å². The molecule has 0 spiro atoms. The quantitative estimate of drug-likeness (QED) is 0.636. The standard InChI is InChI=1S/C9H14N2O2S2/c1-6-7(8(12)13-2)15-9(11-6)10-4-5-14-3/h4-5H2,1-3H3,(H,10,11).